The first-order valence-electron chi connectivity index (χ1n) is 23.2. The normalized spacial score (nSPS) is 11.8. The zero-order chi connectivity index (χ0) is 45.4. The highest BCUT2D eigenvalue weighted by atomic mass is 16.3. The molecule has 6 heteroatoms. The van der Waals surface area contributed by atoms with E-state index in [9.17, 15) is 0 Å². The van der Waals surface area contributed by atoms with Gasteiger partial charge >= 0.3 is 0 Å². The molecular formula is C63H38N4O2. The molecule has 0 bridgehead atoms. The lowest BCUT2D eigenvalue weighted by atomic mass is 9.96. The highest BCUT2D eigenvalue weighted by molar-refractivity contribution is 6.14. The number of fused-ring (bicyclic) bond motifs is 9. The van der Waals surface area contributed by atoms with Crippen LogP contribution < -0.4 is 0 Å². The number of nitrogens with zero attached hydrogens (tertiary/aromatic N) is 4. The van der Waals surface area contributed by atoms with E-state index < -0.39 is 0 Å². The van der Waals surface area contributed by atoms with Gasteiger partial charge in [-0.1, -0.05) is 158 Å². The van der Waals surface area contributed by atoms with Crippen molar-refractivity contribution < 1.29 is 8.83 Å². The van der Waals surface area contributed by atoms with Crippen molar-refractivity contribution in [2.24, 2.45) is 0 Å². The molecule has 69 heavy (non-hydrogen) atoms. The molecule has 14 aromatic rings. The second-order valence-electron chi connectivity index (χ2n) is 17.6. The van der Waals surface area contributed by atoms with Crippen LogP contribution in [-0.4, -0.2) is 19.5 Å². The van der Waals surface area contributed by atoms with Gasteiger partial charge in [0.25, 0.3) is 0 Å². The number of para-hydroxylation sites is 1. The highest BCUT2D eigenvalue weighted by Crippen LogP contribution is 2.42. The third-order valence-corrected chi connectivity index (χ3v) is 13.5. The third-order valence-electron chi connectivity index (χ3n) is 13.5. The summed E-state index contributed by atoms with van der Waals surface area (Å²) in [5.74, 6) is 1.86. The molecule has 6 nitrogen and oxygen atoms in total. The van der Waals surface area contributed by atoms with Crippen LogP contribution in [0.3, 0.4) is 0 Å². The molecule has 14 rings (SSSR count). The van der Waals surface area contributed by atoms with Gasteiger partial charge in [-0.05, 0) is 106 Å². The predicted molar refractivity (Wildman–Crippen MR) is 281 cm³/mol. The maximum Gasteiger partial charge on any atom is 0.164 e. The number of furan rings is 2. The van der Waals surface area contributed by atoms with E-state index in [2.05, 4.69) is 168 Å². The summed E-state index contributed by atoms with van der Waals surface area (Å²) < 4.78 is 15.5. The zero-order valence-corrected chi connectivity index (χ0v) is 37.0. The summed E-state index contributed by atoms with van der Waals surface area (Å²) in [6.07, 6.45) is 0. The van der Waals surface area contributed by atoms with Gasteiger partial charge in [0.15, 0.2) is 17.5 Å². The minimum Gasteiger partial charge on any atom is -0.456 e. The molecule has 0 atom stereocenters. The third kappa shape index (κ3) is 6.53. The zero-order valence-electron chi connectivity index (χ0n) is 37.0. The van der Waals surface area contributed by atoms with E-state index in [-0.39, 0.29) is 0 Å². The maximum atomic E-state index is 6.62. The fraction of sp³-hybridized carbons (Fsp3) is 0. The molecule has 0 radical (unpaired) electrons. The molecule has 0 saturated heterocycles. The van der Waals surface area contributed by atoms with E-state index in [1.807, 2.05) is 66.7 Å². The molecule has 0 fully saturated rings. The highest BCUT2D eigenvalue weighted by Gasteiger charge is 2.19. The van der Waals surface area contributed by atoms with Gasteiger partial charge in [-0.2, -0.15) is 0 Å². The monoisotopic (exact) mass is 882 g/mol. The molecule has 4 heterocycles. The van der Waals surface area contributed by atoms with Crippen molar-refractivity contribution in [2.45, 2.75) is 0 Å². The van der Waals surface area contributed by atoms with E-state index in [1.54, 1.807) is 0 Å². The first-order valence-corrected chi connectivity index (χ1v) is 23.2. The Hall–Kier alpha value is -9.39. The number of benzene rings is 10. The van der Waals surface area contributed by atoms with Gasteiger partial charge in [0.1, 0.15) is 22.3 Å². The summed E-state index contributed by atoms with van der Waals surface area (Å²) >= 11 is 0. The molecule has 0 aliphatic rings. The van der Waals surface area contributed by atoms with Crippen LogP contribution in [0.4, 0.5) is 0 Å². The Labute approximate surface area is 396 Å². The molecule has 0 N–H and O–H groups in total. The summed E-state index contributed by atoms with van der Waals surface area (Å²) in [7, 11) is 0. The summed E-state index contributed by atoms with van der Waals surface area (Å²) in [4.78, 5) is 14.9. The van der Waals surface area contributed by atoms with Crippen LogP contribution in [0.5, 0.6) is 0 Å². The lowest BCUT2D eigenvalue weighted by Crippen LogP contribution is -2.00. The van der Waals surface area contributed by atoms with Crippen molar-refractivity contribution in [3.8, 4) is 73.2 Å². The number of aromatic nitrogens is 4. The van der Waals surface area contributed by atoms with Gasteiger partial charge in [0, 0.05) is 54.7 Å². The van der Waals surface area contributed by atoms with Crippen molar-refractivity contribution in [1.82, 2.24) is 19.5 Å². The average Bonchev–Trinajstić information content (AvgIpc) is 4.10. The standard InChI is InChI=1S/C63H38N4O2/c1-4-14-39(15-5-1)42-27-31-55-51(35-42)49-22-10-11-24-54(49)67(55)47-29-33-56-52(38-47)50-30-26-44(37-59(50)69-56)43-28-32-57-53(36-43)60-48(23-13-25-58(60)68-57)45-20-12-21-46(34-45)63-65-61(40-16-6-2-7-17-40)64-62(66-63)41-18-8-3-9-19-41/h1-38H. The van der Waals surface area contributed by atoms with Gasteiger partial charge < -0.3 is 13.4 Å². The largest absolute Gasteiger partial charge is 0.456 e. The molecule has 4 aromatic heterocycles. The van der Waals surface area contributed by atoms with E-state index in [4.69, 9.17) is 23.8 Å². The van der Waals surface area contributed by atoms with Crippen molar-refractivity contribution in [2.75, 3.05) is 0 Å². The lowest BCUT2D eigenvalue weighted by Gasteiger charge is -2.10. The smallest absolute Gasteiger partial charge is 0.164 e. The predicted octanol–water partition coefficient (Wildman–Crippen LogP) is 16.8. The fourth-order valence-electron chi connectivity index (χ4n) is 10.2. The number of hydrogen-bond acceptors (Lipinski definition) is 5. The topological polar surface area (TPSA) is 69.9 Å². The minimum atomic E-state index is 0.609. The van der Waals surface area contributed by atoms with Crippen molar-refractivity contribution >= 4 is 65.7 Å². The van der Waals surface area contributed by atoms with Gasteiger partial charge in [0.2, 0.25) is 0 Å². The van der Waals surface area contributed by atoms with Crippen molar-refractivity contribution in [3.63, 3.8) is 0 Å². The van der Waals surface area contributed by atoms with Crippen LogP contribution in [-0.2, 0) is 0 Å². The molecule has 0 spiro atoms. The van der Waals surface area contributed by atoms with Crippen molar-refractivity contribution in [3.05, 3.63) is 231 Å². The van der Waals surface area contributed by atoms with Gasteiger partial charge in [0.05, 0.1) is 11.0 Å². The minimum absolute atomic E-state index is 0.609. The van der Waals surface area contributed by atoms with Gasteiger partial charge in [-0.15, -0.1) is 0 Å². The summed E-state index contributed by atoms with van der Waals surface area (Å²) in [6, 6.07) is 80.5. The lowest BCUT2D eigenvalue weighted by molar-refractivity contribution is 0.669. The maximum absolute atomic E-state index is 6.62. The van der Waals surface area contributed by atoms with Crippen LogP contribution >= 0.6 is 0 Å². The Balaban J connectivity index is 0.841. The van der Waals surface area contributed by atoms with Crippen LogP contribution in [0.25, 0.3) is 139 Å². The number of rotatable bonds is 7. The molecule has 0 amide bonds. The molecule has 322 valence electrons. The van der Waals surface area contributed by atoms with E-state index in [1.165, 1.54) is 32.9 Å². The summed E-state index contributed by atoms with van der Waals surface area (Å²) in [6.45, 7) is 0. The molecular weight excluding hydrogens is 845 g/mol. The van der Waals surface area contributed by atoms with Gasteiger partial charge in [-0.3, -0.25) is 0 Å². The molecule has 0 unspecified atom stereocenters. The first kappa shape index (κ1) is 38.8. The Bertz CT molecular complexity index is 4250. The van der Waals surface area contributed by atoms with Crippen LogP contribution in [0, 0.1) is 0 Å². The van der Waals surface area contributed by atoms with Crippen molar-refractivity contribution in [1.29, 1.82) is 0 Å². The van der Waals surface area contributed by atoms with Gasteiger partial charge in [-0.25, -0.2) is 15.0 Å². The van der Waals surface area contributed by atoms with Crippen LogP contribution in [0.2, 0.25) is 0 Å². The Morgan fingerprint density at radius 3 is 1.61 bits per heavy atom. The molecule has 0 saturated carbocycles. The summed E-state index contributed by atoms with van der Waals surface area (Å²) in [5.41, 5.74) is 16.2. The Morgan fingerprint density at radius 1 is 0.275 bits per heavy atom. The Morgan fingerprint density at radius 2 is 0.826 bits per heavy atom. The van der Waals surface area contributed by atoms with E-state index in [0.717, 1.165) is 88.5 Å². The summed E-state index contributed by atoms with van der Waals surface area (Å²) in [5, 5.41) is 6.70. The van der Waals surface area contributed by atoms with Crippen LogP contribution in [0.15, 0.2) is 239 Å². The Kier molecular flexibility index (Phi) is 8.79. The fourth-order valence-corrected chi connectivity index (χ4v) is 10.2. The quantitative estimate of drug-likeness (QED) is 0.159. The molecule has 0 aliphatic carbocycles. The second kappa shape index (κ2) is 15.6. The number of hydrogen-bond donors (Lipinski definition) is 0. The molecule has 0 aliphatic heterocycles. The van der Waals surface area contributed by atoms with E-state index >= 15 is 0 Å². The SMILES string of the molecule is c1ccc(-c2ccc3c(c2)c2ccccc2n3-c2ccc3oc4cc(-c5ccc6oc7cccc(-c8cccc(-c9nc(-c%10ccccc%10)nc(-c%10ccccc%10)n9)c8)c7c6c5)ccc4c3c2)cc1. The average molecular weight is 883 g/mol. The molecule has 10 aromatic carbocycles. The first-order chi connectivity index (χ1) is 34.2. The van der Waals surface area contributed by atoms with E-state index in [0.29, 0.717) is 17.5 Å². The second-order valence-corrected chi connectivity index (χ2v) is 17.6. The van der Waals surface area contributed by atoms with Crippen LogP contribution in [0.1, 0.15) is 0 Å².